The molecule has 4 aliphatic heterocycles. The summed E-state index contributed by atoms with van der Waals surface area (Å²) >= 11 is 0. The number of hydrogen-bond acceptors (Lipinski definition) is 6. The fraction of sp³-hybridized carbons (Fsp3) is 0.684. The molecule has 4 aliphatic rings. The molecule has 144 valence electrons. The zero-order valence-electron chi connectivity index (χ0n) is 16.0. The van der Waals surface area contributed by atoms with E-state index in [-0.39, 0.29) is 0 Å². The van der Waals surface area contributed by atoms with E-state index in [0.29, 0.717) is 38.9 Å². The summed E-state index contributed by atoms with van der Waals surface area (Å²) in [6.07, 6.45) is 1.73. The molecule has 4 fully saturated rings. The van der Waals surface area contributed by atoms with E-state index in [2.05, 4.69) is 24.3 Å². The van der Waals surface area contributed by atoms with Crippen molar-refractivity contribution in [3.05, 3.63) is 35.9 Å². The summed E-state index contributed by atoms with van der Waals surface area (Å²) in [6.45, 7) is 8.70. The molecule has 0 unspecified atom stereocenters. The smallest absolute Gasteiger partial charge is 0.173 e. The highest BCUT2D eigenvalue weighted by Gasteiger charge is 2.79. The summed E-state index contributed by atoms with van der Waals surface area (Å²) in [5, 5.41) is 37.3. The SMILES string of the molecule is CCC12C[N+]3(Cc4ccccc4)CC(CC)(N1O)N(O)C(CC)(C3)N2O. The van der Waals surface area contributed by atoms with Crippen LogP contribution in [0.1, 0.15) is 45.6 Å². The predicted molar refractivity (Wildman–Crippen MR) is 94.9 cm³/mol. The van der Waals surface area contributed by atoms with Gasteiger partial charge in [0.2, 0.25) is 0 Å². The van der Waals surface area contributed by atoms with Crippen molar-refractivity contribution >= 4 is 0 Å². The first-order valence-corrected chi connectivity index (χ1v) is 9.71. The third kappa shape index (κ3) is 1.97. The van der Waals surface area contributed by atoms with Crippen molar-refractivity contribution < 1.29 is 20.1 Å². The van der Waals surface area contributed by atoms with Gasteiger partial charge in [0.15, 0.2) is 17.0 Å². The molecule has 0 atom stereocenters. The average molecular weight is 363 g/mol. The van der Waals surface area contributed by atoms with Gasteiger partial charge >= 0.3 is 0 Å². The van der Waals surface area contributed by atoms with E-state index < -0.39 is 17.0 Å². The van der Waals surface area contributed by atoms with Gasteiger partial charge in [-0.25, -0.2) is 0 Å². The van der Waals surface area contributed by atoms with E-state index in [1.807, 2.05) is 26.8 Å². The Bertz CT molecular complexity index is 611. The Labute approximate surface area is 155 Å². The second-order valence-electron chi connectivity index (χ2n) is 8.40. The minimum Gasteiger partial charge on any atom is -0.311 e. The van der Waals surface area contributed by atoms with Crippen LogP contribution >= 0.6 is 0 Å². The van der Waals surface area contributed by atoms with E-state index in [0.717, 1.165) is 11.0 Å². The van der Waals surface area contributed by atoms with Crippen molar-refractivity contribution in [2.45, 2.75) is 63.6 Å². The molecule has 3 N–H and O–H groups in total. The molecule has 26 heavy (non-hydrogen) atoms. The third-order valence-electron chi connectivity index (χ3n) is 7.19. The van der Waals surface area contributed by atoms with Crippen LogP contribution in [0.2, 0.25) is 0 Å². The van der Waals surface area contributed by atoms with Gasteiger partial charge in [-0.2, -0.15) is 0 Å². The average Bonchev–Trinajstić information content (AvgIpc) is 2.67. The molecule has 4 bridgehead atoms. The summed E-state index contributed by atoms with van der Waals surface area (Å²) < 4.78 is 0.755. The quantitative estimate of drug-likeness (QED) is 0.698. The molecule has 1 aromatic carbocycles. The second-order valence-corrected chi connectivity index (χ2v) is 8.40. The van der Waals surface area contributed by atoms with E-state index in [4.69, 9.17) is 0 Å². The lowest BCUT2D eigenvalue weighted by Gasteiger charge is -2.76. The van der Waals surface area contributed by atoms with Crippen LogP contribution < -0.4 is 0 Å². The number of hydroxylamine groups is 6. The number of hydrogen-bond donors (Lipinski definition) is 3. The maximum atomic E-state index is 11.2. The highest BCUT2D eigenvalue weighted by atomic mass is 16.6. The van der Waals surface area contributed by atoms with E-state index in [9.17, 15) is 15.6 Å². The van der Waals surface area contributed by atoms with Gasteiger partial charge in [0.1, 0.15) is 26.2 Å². The largest absolute Gasteiger partial charge is 0.311 e. The molecule has 1 aromatic rings. The fourth-order valence-corrected chi connectivity index (χ4v) is 5.98. The number of quaternary nitrogens is 1. The highest BCUT2D eigenvalue weighted by Crippen LogP contribution is 2.57. The van der Waals surface area contributed by atoms with Crippen LogP contribution in [0.5, 0.6) is 0 Å². The molecule has 0 amide bonds. The Balaban J connectivity index is 1.87. The van der Waals surface area contributed by atoms with Gasteiger partial charge < -0.3 is 20.1 Å². The summed E-state index contributed by atoms with van der Waals surface area (Å²) in [4.78, 5) is 0. The number of benzene rings is 1. The number of piperazine rings is 3. The van der Waals surface area contributed by atoms with Gasteiger partial charge in [-0.05, 0) is 19.3 Å². The topological polar surface area (TPSA) is 70.4 Å². The molecule has 0 aromatic heterocycles. The molecule has 0 saturated carbocycles. The van der Waals surface area contributed by atoms with Crippen LogP contribution in [0.25, 0.3) is 0 Å². The first-order chi connectivity index (χ1) is 12.3. The molecule has 5 rings (SSSR count). The zero-order chi connectivity index (χ0) is 18.8. The normalized spacial score (nSPS) is 43.3. The Morgan fingerprint density at radius 1 is 0.769 bits per heavy atom. The van der Waals surface area contributed by atoms with Crippen LogP contribution in [0, 0.1) is 0 Å². The van der Waals surface area contributed by atoms with Gasteiger partial charge in [-0.3, -0.25) is 0 Å². The Morgan fingerprint density at radius 2 is 1.15 bits per heavy atom. The van der Waals surface area contributed by atoms with Crippen LogP contribution in [0.15, 0.2) is 30.3 Å². The molecule has 7 nitrogen and oxygen atoms in total. The van der Waals surface area contributed by atoms with E-state index >= 15 is 0 Å². The van der Waals surface area contributed by atoms with Crippen molar-refractivity contribution in [1.29, 1.82) is 0 Å². The van der Waals surface area contributed by atoms with Gasteiger partial charge in [-0.15, -0.1) is 15.2 Å². The lowest BCUT2D eigenvalue weighted by Crippen LogP contribution is -2.99. The standard InChI is InChI=1S/C19H31N4O3/c1-4-17-13-23(12-16-10-8-7-9-11-16)14-18(5-2,20(17)24)22(26)19(6-3,15-23)21(17)25/h7-11,24-26H,4-6,12-15H2,1-3H3/q+1. The maximum Gasteiger partial charge on any atom is 0.173 e. The Hall–Kier alpha value is -1.06. The maximum absolute atomic E-state index is 11.2. The van der Waals surface area contributed by atoms with Gasteiger partial charge in [0.25, 0.3) is 0 Å². The minimum absolute atomic E-state index is 0.576. The third-order valence-corrected chi connectivity index (χ3v) is 7.19. The molecule has 0 spiro atoms. The first kappa shape index (κ1) is 18.3. The highest BCUT2D eigenvalue weighted by molar-refractivity contribution is 5.16. The summed E-state index contributed by atoms with van der Waals surface area (Å²) in [6, 6.07) is 10.4. The fourth-order valence-electron chi connectivity index (χ4n) is 5.98. The van der Waals surface area contributed by atoms with Crippen LogP contribution in [-0.4, -0.2) is 71.9 Å². The lowest BCUT2D eigenvalue weighted by atomic mass is 9.77. The molecule has 4 saturated heterocycles. The number of rotatable bonds is 5. The summed E-state index contributed by atoms with van der Waals surface area (Å²) in [5.74, 6) is 0. The summed E-state index contributed by atoms with van der Waals surface area (Å²) in [5.41, 5.74) is -1.43. The minimum atomic E-state index is -0.892. The van der Waals surface area contributed by atoms with E-state index in [1.165, 1.54) is 20.8 Å². The zero-order valence-corrected chi connectivity index (χ0v) is 16.0. The van der Waals surface area contributed by atoms with Gasteiger partial charge in [0, 0.05) is 5.56 Å². The van der Waals surface area contributed by atoms with Crippen molar-refractivity contribution in [2.24, 2.45) is 0 Å². The van der Waals surface area contributed by atoms with Crippen molar-refractivity contribution in [3.8, 4) is 0 Å². The Morgan fingerprint density at radius 3 is 1.50 bits per heavy atom. The molecular weight excluding hydrogens is 332 g/mol. The van der Waals surface area contributed by atoms with Crippen LogP contribution in [0.3, 0.4) is 0 Å². The second kappa shape index (κ2) is 5.72. The molecule has 4 heterocycles. The lowest BCUT2D eigenvalue weighted by molar-refractivity contribution is -0.998. The number of nitrogens with zero attached hydrogens (tertiary/aromatic N) is 4. The monoisotopic (exact) mass is 363 g/mol. The molecular formula is C19H31N4O3+. The van der Waals surface area contributed by atoms with Crippen LogP contribution in [-0.2, 0) is 6.54 Å². The van der Waals surface area contributed by atoms with Crippen LogP contribution in [0.4, 0.5) is 0 Å². The van der Waals surface area contributed by atoms with E-state index in [1.54, 1.807) is 0 Å². The van der Waals surface area contributed by atoms with Gasteiger partial charge in [-0.1, -0.05) is 51.1 Å². The Kier molecular flexibility index (Phi) is 4.03. The van der Waals surface area contributed by atoms with Crippen molar-refractivity contribution in [3.63, 3.8) is 0 Å². The van der Waals surface area contributed by atoms with Crippen molar-refractivity contribution in [2.75, 3.05) is 19.6 Å². The first-order valence-electron chi connectivity index (χ1n) is 9.71. The summed E-state index contributed by atoms with van der Waals surface area (Å²) in [7, 11) is 0. The molecule has 7 heteroatoms. The molecule has 0 radical (unpaired) electrons. The molecule has 0 aliphatic carbocycles. The van der Waals surface area contributed by atoms with Crippen molar-refractivity contribution in [1.82, 2.24) is 15.2 Å². The van der Waals surface area contributed by atoms with Gasteiger partial charge in [0.05, 0.1) is 0 Å². The predicted octanol–water partition coefficient (Wildman–Crippen LogP) is 2.44.